The van der Waals surface area contributed by atoms with Crippen molar-refractivity contribution in [3.05, 3.63) is 35.1 Å². The molecule has 1 aromatic carbocycles. The lowest BCUT2D eigenvalue weighted by molar-refractivity contribution is -0.139. The Morgan fingerprint density at radius 2 is 2.00 bits per heavy atom. The van der Waals surface area contributed by atoms with E-state index >= 15 is 0 Å². The van der Waals surface area contributed by atoms with Crippen LogP contribution in [0.4, 0.5) is 4.39 Å². The molecule has 144 valence electrons. The number of carbonyl (C=O) groups excluding carboxylic acids is 1. The van der Waals surface area contributed by atoms with Gasteiger partial charge in [-0.1, -0.05) is 12.1 Å². The molecule has 1 amide bonds. The molecule has 5 heteroatoms. The SMILES string of the molecule is COCCCN1CC2(CCC1=O)CCN(Cc1ccc(C)c(F)c1)CC2. The second-order valence-corrected chi connectivity index (χ2v) is 8.02. The van der Waals surface area contributed by atoms with E-state index in [-0.39, 0.29) is 11.2 Å². The van der Waals surface area contributed by atoms with Crippen LogP contribution in [0.3, 0.4) is 0 Å². The Hall–Kier alpha value is -1.46. The number of hydrogen-bond acceptors (Lipinski definition) is 3. The van der Waals surface area contributed by atoms with Crippen molar-refractivity contribution in [1.82, 2.24) is 9.80 Å². The van der Waals surface area contributed by atoms with Crippen LogP contribution in [0, 0.1) is 18.2 Å². The average Bonchev–Trinajstić information content (AvgIpc) is 2.64. The van der Waals surface area contributed by atoms with E-state index in [0.717, 1.165) is 64.0 Å². The Morgan fingerprint density at radius 1 is 1.23 bits per heavy atom. The predicted molar refractivity (Wildman–Crippen MR) is 100 cm³/mol. The number of rotatable bonds is 6. The van der Waals surface area contributed by atoms with E-state index in [9.17, 15) is 9.18 Å². The summed E-state index contributed by atoms with van der Waals surface area (Å²) in [6, 6.07) is 5.55. The molecule has 0 atom stereocenters. The number of carbonyl (C=O) groups is 1. The van der Waals surface area contributed by atoms with Crippen molar-refractivity contribution in [1.29, 1.82) is 0 Å². The van der Waals surface area contributed by atoms with Crippen LogP contribution in [-0.2, 0) is 16.1 Å². The summed E-state index contributed by atoms with van der Waals surface area (Å²) in [5.41, 5.74) is 2.02. The lowest BCUT2D eigenvalue weighted by Gasteiger charge is -2.47. The fourth-order valence-corrected chi connectivity index (χ4v) is 4.29. The molecular formula is C21H31FN2O2. The highest BCUT2D eigenvalue weighted by Crippen LogP contribution is 2.40. The second kappa shape index (κ2) is 8.49. The van der Waals surface area contributed by atoms with E-state index in [4.69, 9.17) is 4.74 Å². The number of amides is 1. The van der Waals surface area contributed by atoms with Gasteiger partial charge in [-0.3, -0.25) is 9.69 Å². The zero-order valence-corrected chi connectivity index (χ0v) is 16.1. The smallest absolute Gasteiger partial charge is 0.222 e. The maximum atomic E-state index is 13.8. The van der Waals surface area contributed by atoms with Crippen LogP contribution >= 0.6 is 0 Å². The highest BCUT2D eigenvalue weighted by Gasteiger charge is 2.40. The van der Waals surface area contributed by atoms with Crippen LogP contribution in [0.1, 0.15) is 43.2 Å². The first-order valence-electron chi connectivity index (χ1n) is 9.75. The molecule has 0 bridgehead atoms. The largest absolute Gasteiger partial charge is 0.385 e. The first-order chi connectivity index (χ1) is 12.5. The highest BCUT2D eigenvalue weighted by atomic mass is 19.1. The molecule has 1 aromatic rings. The van der Waals surface area contributed by atoms with Crippen LogP contribution < -0.4 is 0 Å². The van der Waals surface area contributed by atoms with E-state index in [0.29, 0.717) is 24.5 Å². The highest BCUT2D eigenvalue weighted by molar-refractivity contribution is 5.77. The Labute approximate surface area is 156 Å². The predicted octanol–water partition coefficient (Wildman–Crippen LogP) is 3.38. The number of piperidine rings is 2. The van der Waals surface area contributed by atoms with E-state index in [1.54, 1.807) is 20.1 Å². The van der Waals surface area contributed by atoms with E-state index in [1.807, 2.05) is 17.0 Å². The van der Waals surface area contributed by atoms with Crippen LogP contribution in [0.2, 0.25) is 0 Å². The summed E-state index contributed by atoms with van der Waals surface area (Å²) in [7, 11) is 1.70. The molecular weight excluding hydrogens is 331 g/mol. The Kier molecular flexibility index (Phi) is 6.30. The molecule has 2 fully saturated rings. The molecule has 1 spiro atoms. The van der Waals surface area contributed by atoms with Crippen molar-refractivity contribution >= 4 is 5.91 Å². The maximum absolute atomic E-state index is 13.8. The molecule has 0 aliphatic carbocycles. The number of methoxy groups -OCH3 is 1. The minimum absolute atomic E-state index is 0.117. The average molecular weight is 362 g/mol. The summed E-state index contributed by atoms with van der Waals surface area (Å²) in [5, 5.41) is 0. The topological polar surface area (TPSA) is 32.8 Å². The molecule has 2 heterocycles. The minimum Gasteiger partial charge on any atom is -0.385 e. The summed E-state index contributed by atoms with van der Waals surface area (Å²) < 4.78 is 18.9. The number of benzene rings is 1. The summed E-state index contributed by atoms with van der Waals surface area (Å²) in [6.07, 6.45) is 4.84. The van der Waals surface area contributed by atoms with Gasteiger partial charge in [0.25, 0.3) is 0 Å². The van der Waals surface area contributed by atoms with Crippen LogP contribution in [0.25, 0.3) is 0 Å². The standard InChI is InChI=1S/C21H31FN2O2/c1-17-4-5-18(14-19(17)22)15-23-11-8-21(9-12-23)7-6-20(25)24(16-21)10-3-13-26-2/h4-5,14H,3,6-13,15-16H2,1-2H3. The van der Waals surface area contributed by atoms with Gasteiger partial charge in [0, 0.05) is 39.8 Å². The third kappa shape index (κ3) is 4.63. The van der Waals surface area contributed by atoms with Gasteiger partial charge in [0.1, 0.15) is 5.82 Å². The fraction of sp³-hybridized carbons (Fsp3) is 0.667. The summed E-state index contributed by atoms with van der Waals surface area (Å²) in [6.45, 7) is 7.06. The number of aryl methyl sites for hydroxylation is 1. The molecule has 2 aliphatic heterocycles. The van der Waals surface area contributed by atoms with Crippen molar-refractivity contribution in [2.24, 2.45) is 5.41 Å². The van der Waals surface area contributed by atoms with Gasteiger partial charge in [0.15, 0.2) is 0 Å². The molecule has 2 aliphatic rings. The number of likely N-dealkylation sites (tertiary alicyclic amines) is 2. The van der Waals surface area contributed by atoms with Crippen molar-refractivity contribution in [2.45, 2.75) is 45.6 Å². The van der Waals surface area contributed by atoms with Crippen LogP contribution in [-0.4, -0.2) is 55.6 Å². The van der Waals surface area contributed by atoms with Crippen LogP contribution in [0.15, 0.2) is 18.2 Å². The maximum Gasteiger partial charge on any atom is 0.222 e. The molecule has 26 heavy (non-hydrogen) atoms. The Balaban J connectivity index is 1.53. The number of nitrogens with zero attached hydrogens (tertiary/aromatic N) is 2. The monoisotopic (exact) mass is 362 g/mol. The minimum atomic E-state index is -0.117. The molecule has 0 unspecified atom stereocenters. The van der Waals surface area contributed by atoms with Gasteiger partial charge in [-0.25, -0.2) is 4.39 Å². The van der Waals surface area contributed by atoms with Gasteiger partial charge in [-0.2, -0.15) is 0 Å². The fourth-order valence-electron chi connectivity index (χ4n) is 4.29. The third-order valence-corrected chi connectivity index (χ3v) is 6.08. The molecule has 0 N–H and O–H groups in total. The first kappa shape index (κ1) is 19.3. The van der Waals surface area contributed by atoms with Crippen LogP contribution in [0.5, 0.6) is 0 Å². The van der Waals surface area contributed by atoms with Crippen molar-refractivity contribution in [2.75, 3.05) is 39.9 Å². The van der Waals surface area contributed by atoms with E-state index in [1.165, 1.54) is 0 Å². The zero-order valence-electron chi connectivity index (χ0n) is 16.1. The zero-order chi connectivity index (χ0) is 18.6. The molecule has 0 radical (unpaired) electrons. The molecule has 0 saturated carbocycles. The molecule has 4 nitrogen and oxygen atoms in total. The van der Waals surface area contributed by atoms with E-state index in [2.05, 4.69) is 4.90 Å². The summed E-state index contributed by atoms with van der Waals surface area (Å²) in [5.74, 6) is 0.178. The summed E-state index contributed by atoms with van der Waals surface area (Å²) in [4.78, 5) is 16.7. The first-order valence-corrected chi connectivity index (χ1v) is 9.75. The lowest BCUT2D eigenvalue weighted by atomic mass is 9.72. The quantitative estimate of drug-likeness (QED) is 0.728. The van der Waals surface area contributed by atoms with E-state index < -0.39 is 0 Å². The van der Waals surface area contributed by atoms with Gasteiger partial charge in [0.05, 0.1) is 0 Å². The Bertz CT molecular complexity index is 626. The molecule has 2 saturated heterocycles. The Morgan fingerprint density at radius 3 is 2.69 bits per heavy atom. The molecule has 3 rings (SSSR count). The number of hydrogen-bond donors (Lipinski definition) is 0. The van der Waals surface area contributed by atoms with Crippen molar-refractivity contribution in [3.8, 4) is 0 Å². The summed E-state index contributed by atoms with van der Waals surface area (Å²) >= 11 is 0. The van der Waals surface area contributed by atoms with Gasteiger partial charge >= 0.3 is 0 Å². The normalized spacial score (nSPS) is 20.7. The van der Waals surface area contributed by atoms with Gasteiger partial charge in [-0.15, -0.1) is 0 Å². The molecule has 0 aromatic heterocycles. The van der Waals surface area contributed by atoms with Gasteiger partial charge in [0.2, 0.25) is 5.91 Å². The van der Waals surface area contributed by atoms with Crippen molar-refractivity contribution in [3.63, 3.8) is 0 Å². The third-order valence-electron chi connectivity index (χ3n) is 6.08. The number of halogens is 1. The van der Waals surface area contributed by atoms with Gasteiger partial charge < -0.3 is 9.64 Å². The second-order valence-electron chi connectivity index (χ2n) is 8.02. The van der Waals surface area contributed by atoms with Crippen molar-refractivity contribution < 1.29 is 13.9 Å². The lowest BCUT2D eigenvalue weighted by Crippen LogP contribution is -2.51. The van der Waals surface area contributed by atoms with Gasteiger partial charge in [-0.05, 0) is 68.3 Å². The number of ether oxygens (including phenoxy) is 1.